The van der Waals surface area contributed by atoms with Crippen molar-refractivity contribution in [3.05, 3.63) is 96.1 Å². The first-order chi connectivity index (χ1) is 15.9. The van der Waals surface area contributed by atoms with Crippen LogP contribution in [0.4, 0.5) is 5.69 Å². The van der Waals surface area contributed by atoms with E-state index in [-0.39, 0.29) is 22.8 Å². The highest BCUT2D eigenvalue weighted by atomic mass is 32.2. The number of anilines is 1. The molecule has 0 aliphatic carbocycles. The lowest BCUT2D eigenvalue weighted by molar-refractivity contribution is 0.0698. The molecule has 1 fully saturated rings. The zero-order valence-electron chi connectivity index (χ0n) is 18.0. The van der Waals surface area contributed by atoms with Crippen molar-refractivity contribution in [3.63, 3.8) is 0 Å². The third-order valence-corrected chi connectivity index (χ3v) is 6.99. The van der Waals surface area contributed by atoms with E-state index in [4.69, 9.17) is 0 Å². The smallest absolute Gasteiger partial charge is 0.261 e. The Balaban J connectivity index is 1.31. The van der Waals surface area contributed by atoms with Crippen LogP contribution in [0.5, 0.6) is 0 Å². The number of sulfonamides is 1. The van der Waals surface area contributed by atoms with Gasteiger partial charge in [-0.1, -0.05) is 36.4 Å². The molecule has 0 aromatic heterocycles. The number of benzene rings is 3. The number of hydrogen-bond donors (Lipinski definition) is 2. The van der Waals surface area contributed by atoms with Crippen LogP contribution in [0.15, 0.2) is 89.8 Å². The number of piperidine rings is 1. The van der Waals surface area contributed by atoms with E-state index in [0.29, 0.717) is 42.7 Å². The van der Waals surface area contributed by atoms with Crippen molar-refractivity contribution >= 4 is 27.5 Å². The highest BCUT2D eigenvalue weighted by Gasteiger charge is 2.25. The summed E-state index contributed by atoms with van der Waals surface area (Å²) in [5.74, 6) is -0.214. The summed E-state index contributed by atoms with van der Waals surface area (Å²) in [6, 6.07) is 23.6. The number of nitrogens with one attached hydrogen (secondary N) is 2. The quantitative estimate of drug-likeness (QED) is 0.585. The van der Waals surface area contributed by atoms with Gasteiger partial charge in [0.1, 0.15) is 0 Å². The third kappa shape index (κ3) is 5.59. The van der Waals surface area contributed by atoms with Crippen molar-refractivity contribution in [2.24, 2.45) is 0 Å². The fourth-order valence-corrected chi connectivity index (χ4v) is 4.84. The fraction of sp³-hybridized carbons (Fsp3) is 0.200. The van der Waals surface area contributed by atoms with Gasteiger partial charge in [0.2, 0.25) is 0 Å². The molecule has 0 saturated carbocycles. The maximum Gasteiger partial charge on any atom is 0.261 e. The first kappa shape index (κ1) is 22.5. The molecule has 1 saturated heterocycles. The largest absolute Gasteiger partial charge is 0.349 e. The van der Waals surface area contributed by atoms with Crippen molar-refractivity contribution in [1.29, 1.82) is 0 Å². The summed E-state index contributed by atoms with van der Waals surface area (Å²) in [6.07, 6.45) is 1.36. The van der Waals surface area contributed by atoms with Crippen LogP contribution in [0.3, 0.4) is 0 Å². The minimum absolute atomic E-state index is 0.0246. The molecule has 33 heavy (non-hydrogen) atoms. The lowest BCUT2D eigenvalue weighted by atomic mass is 10.0. The average molecular weight is 464 g/mol. The molecule has 1 aliphatic heterocycles. The minimum Gasteiger partial charge on any atom is -0.349 e. The van der Waals surface area contributed by atoms with Gasteiger partial charge in [0.15, 0.2) is 0 Å². The van der Waals surface area contributed by atoms with Crippen molar-refractivity contribution in [2.75, 3.05) is 17.8 Å². The fourth-order valence-electron chi connectivity index (χ4n) is 3.76. The lowest BCUT2D eigenvalue weighted by Crippen LogP contribution is -2.46. The summed E-state index contributed by atoms with van der Waals surface area (Å²) in [6.45, 7) is 1.09. The molecule has 170 valence electrons. The standard InChI is InChI=1S/C25H25N3O4S/c29-24(19-7-3-1-4-8-19)26-21-15-17-28(18-16-21)25(30)20-11-13-22(14-12-20)27-33(31,32)23-9-5-2-6-10-23/h1-14,21,27H,15-18H2,(H,26,29). The molecule has 0 radical (unpaired) electrons. The molecule has 1 heterocycles. The van der Waals surface area contributed by atoms with E-state index in [2.05, 4.69) is 10.0 Å². The first-order valence-electron chi connectivity index (χ1n) is 10.8. The van der Waals surface area contributed by atoms with Crippen LogP contribution in [-0.2, 0) is 10.0 Å². The second-order valence-corrected chi connectivity index (χ2v) is 9.58. The van der Waals surface area contributed by atoms with Gasteiger partial charge in [0.05, 0.1) is 4.90 Å². The summed E-state index contributed by atoms with van der Waals surface area (Å²) in [5.41, 5.74) is 1.50. The van der Waals surface area contributed by atoms with Crippen molar-refractivity contribution < 1.29 is 18.0 Å². The molecule has 1 aliphatic rings. The Morgan fingerprint density at radius 1 is 0.758 bits per heavy atom. The molecular weight excluding hydrogens is 438 g/mol. The number of carbonyl (C=O) groups excluding carboxylic acids is 2. The van der Waals surface area contributed by atoms with Gasteiger partial charge in [0.25, 0.3) is 21.8 Å². The van der Waals surface area contributed by atoms with Crippen LogP contribution in [0.1, 0.15) is 33.6 Å². The first-order valence-corrected chi connectivity index (χ1v) is 12.2. The molecule has 2 N–H and O–H groups in total. The van der Waals surface area contributed by atoms with Crippen LogP contribution in [0, 0.1) is 0 Å². The average Bonchev–Trinajstić information content (AvgIpc) is 2.85. The predicted octanol–water partition coefficient (Wildman–Crippen LogP) is 3.52. The molecule has 0 unspecified atom stereocenters. The van der Waals surface area contributed by atoms with E-state index in [1.165, 1.54) is 12.1 Å². The van der Waals surface area contributed by atoms with Gasteiger partial charge < -0.3 is 10.2 Å². The zero-order valence-corrected chi connectivity index (χ0v) is 18.8. The topological polar surface area (TPSA) is 95.6 Å². The molecular formula is C25H25N3O4S. The van der Waals surface area contributed by atoms with E-state index in [0.717, 1.165) is 0 Å². The van der Waals surface area contributed by atoms with Crippen LogP contribution in [-0.4, -0.2) is 44.3 Å². The summed E-state index contributed by atoms with van der Waals surface area (Å²) >= 11 is 0. The highest BCUT2D eigenvalue weighted by molar-refractivity contribution is 7.92. The van der Waals surface area contributed by atoms with E-state index < -0.39 is 10.0 Å². The van der Waals surface area contributed by atoms with E-state index in [9.17, 15) is 18.0 Å². The second-order valence-electron chi connectivity index (χ2n) is 7.90. The summed E-state index contributed by atoms with van der Waals surface area (Å²) in [4.78, 5) is 27.1. The molecule has 0 spiro atoms. The Labute approximate surface area is 193 Å². The van der Waals surface area contributed by atoms with Crippen molar-refractivity contribution in [2.45, 2.75) is 23.8 Å². The minimum atomic E-state index is -3.68. The second kappa shape index (κ2) is 9.87. The number of rotatable bonds is 6. The number of amides is 2. The molecule has 3 aromatic carbocycles. The molecule has 7 nitrogen and oxygen atoms in total. The van der Waals surface area contributed by atoms with Gasteiger partial charge in [-0.05, 0) is 61.4 Å². The maximum absolute atomic E-state index is 12.9. The molecule has 4 rings (SSSR count). The Bertz CT molecular complexity index is 1210. The van der Waals surface area contributed by atoms with Crippen LogP contribution in [0.25, 0.3) is 0 Å². The van der Waals surface area contributed by atoms with E-state index in [1.807, 2.05) is 18.2 Å². The Hall–Kier alpha value is -3.65. The Kier molecular flexibility index (Phi) is 6.74. The van der Waals surface area contributed by atoms with E-state index in [1.54, 1.807) is 59.5 Å². The molecule has 3 aromatic rings. The van der Waals surface area contributed by atoms with Gasteiger partial charge in [-0.2, -0.15) is 0 Å². The molecule has 0 atom stereocenters. The van der Waals surface area contributed by atoms with Gasteiger partial charge in [-0.3, -0.25) is 14.3 Å². The third-order valence-electron chi connectivity index (χ3n) is 5.59. The zero-order chi connectivity index (χ0) is 23.3. The van der Waals surface area contributed by atoms with Crippen LogP contribution in [0.2, 0.25) is 0 Å². The van der Waals surface area contributed by atoms with Gasteiger partial charge in [0, 0.05) is 35.9 Å². The molecule has 0 bridgehead atoms. The number of hydrogen-bond acceptors (Lipinski definition) is 4. The summed E-state index contributed by atoms with van der Waals surface area (Å²) in [7, 11) is -3.68. The van der Waals surface area contributed by atoms with Crippen LogP contribution < -0.4 is 10.0 Å². The van der Waals surface area contributed by atoms with Crippen molar-refractivity contribution in [1.82, 2.24) is 10.2 Å². The molecule has 2 amide bonds. The lowest BCUT2D eigenvalue weighted by Gasteiger charge is -2.32. The summed E-state index contributed by atoms with van der Waals surface area (Å²) < 4.78 is 27.4. The SMILES string of the molecule is O=C(NC1CCN(C(=O)c2ccc(NS(=O)(=O)c3ccccc3)cc2)CC1)c1ccccc1. The van der Waals surface area contributed by atoms with Crippen LogP contribution >= 0.6 is 0 Å². The Morgan fingerprint density at radius 3 is 1.94 bits per heavy atom. The number of nitrogens with zero attached hydrogens (tertiary/aromatic N) is 1. The Morgan fingerprint density at radius 2 is 1.33 bits per heavy atom. The predicted molar refractivity (Wildman–Crippen MR) is 127 cm³/mol. The van der Waals surface area contributed by atoms with Crippen molar-refractivity contribution in [3.8, 4) is 0 Å². The van der Waals surface area contributed by atoms with Gasteiger partial charge >= 0.3 is 0 Å². The summed E-state index contributed by atoms with van der Waals surface area (Å²) in [5, 5.41) is 3.03. The number of carbonyl (C=O) groups is 2. The normalized spacial score (nSPS) is 14.5. The van der Waals surface area contributed by atoms with Gasteiger partial charge in [-0.25, -0.2) is 8.42 Å². The number of likely N-dealkylation sites (tertiary alicyclic amines) is 1. The monoisotopic (exact) mass is 463 g/mol. The van der Waals surface area contributed by atoms with Gasteiger partial charge in [-0.15, -0.1) is 0 Å². The maximum atomic E-state index is 12.9. The van der Waals surface area contributed by atoms with E-state index >= 15 is 0 Å². The molecule has 8 heteroatoms. The highest BCUT2D eigenvalue weighted by Crippen LogP contribution is 2.19.